The predicted octanol–water partition coefficient (Wildman–Crippen LogP) is -0.0526. The number of nitrogens with one attached hydrogen (secondary N) is 2. The molecule has 19 heavy (non-hydrogen) atoms. The fraction of sp³-hybridized carbons (Fsp3) is 0.929. The van der Waals surface area contributed by atoms with Crippen LogP contribution in [0.25, 0.3) is 0 Å². The minimum absolute atomic E-state index is 0.0251. The summed E-state index contributed by atoms with van der Waals surface area (Å²) >= 11 is 0. The number of β-amino-alcohol motifs (C(OH)–C–C–N with tert-alkyl or cyclic N) is 1. The van der Waals surface area contributed by atoms with Crippen molar-refractivity contribution in [2.45, 2.75) is 44.8 Å². The Bertz CT molecular complexity index is 290. The quantitative estimate of drug-likeness (QED) is 0.655. The third-order valence-electron chi connectivity index (χ3n) is 4.07. The maximum absolute atomic E-state index is 11.9. The molecule has 5 heteroatoms. The van der Waals surface area contributed by atoms with E-state index in [4.69, 9.17) is 0 Å². The van der Waals surface area contributed by atoms with Crippen molar-refractivity contribution in [1.82, 2.24) is 15.5 Å². The lowest BCUT2D eigenvalue weighted by atomic mass is 9.97. The topological polar surface area (TPSA) is 64.6 Å². The van der Waals surface area contributed by atoms with E-state index in [0.29, 0.717) is 5.92 Å². The molecule has 0 spiro atoms. The summed E-state index contributed by atoms with van der Waals surface area (Å²) in [5.74, 6) is 0.683. The van der Waals surface area contributed by atoms with Crippen LogP contribution in [0, 0.1) is 5.92 Å². The molecule has 0 aromatic carbocycles. The zero-order valence-electron chi connectivity index (χ0n) is 11.9. The SMILES string of the molecule is C[C@@H](O)CN1CCCC(CNC(=O)C2CCCN2)C1. The maximum atomic E-state index is 11.9. The Morgan fingerprint density at radius 3 is 3.00 bits per heavy atom. The van der Waals surface area contributed by atoms with Crippen LogP contribution >= 0.6 is 0 Å². The van der Waals surface area contributed by atoms with E-state index in [1.807, 2.05) is 6.92 Å². The monoisotopic (exact) mass is 269 g/mol. The summed E-state index contributed by atoms with van der Waals surface area (Å²) < 4.78 is 0. The molecule has 2 saturated heterocycles. The van der Waals surface area contributed by atoms with Crippen molar-refractivity contribution in [2.24, 2.45) is 5.92 Å². The number of hydrogen-bond acceptors (Lipinski definition) is 4. The molecule has 2 unspecified atom stereocenters. The maximum Gasteiger partial charge on any atom is 0.237 e. The number of amides is 1. The molecule has 2 heterocycles. The Morgan fingerprint density at radius 1 is 1.47 bits per heavy atom. The summed E-state index contributed by atoms with van der Waals surface area (Å²) in [7, 11) is 0. The number of aliphatic hydroxyl groups is 1. The van der Waals surface area contributed by atoms with Gasteiger partial charge in [0.2, 0.25) is 5.91 Å². The molecule has 5 nitrogen and oxygen atoms in total. The Kier molecular flexibility index (Phi) is 5.60. The van der Waals surface area contributed by atoms with Gasteiger partial charge in [0.25, 0.3) is 0 Å². The molecule has 3 atom stereocenters. The Hall–Kier alpha value is -0.650. The Labute approximate surface area is 115 Å². The molecule has 2 fully saturated rings. The molecule has 2 aliphatic heterocycles. The Morgan fingerprint density at radius 2 is 2.32 bits per heavy atom. The molecular formula is C14H27N3O2. The number of nitrogens with zero attached hydrogens (tertiary/aromatic N) is 1. The highest BCUT2D eigenvalue weighted by Gasteiger charge is 2.24. The second-order valence-electron chi connectivity index (χ2n) is 6.01. The number of likely N-dealkylation sites (tertiary alicyclic amines) is 1. The van der Waals surface area contributed by atoms with E-state index < -0.39 is 0 Å². The van der Waals surface area contributed by atoms with Crippen molar-refractivity contribution in [1.29, 1.82) is 0 Å². The van der Waals surface area contributed by atoms with E-state index in [0.717, 1.165) is 52.0 Å². The fourth-order valence-electron chi connectivity index (χ4n) is 3.13. The summed E-state index contributed by atoms with van der Waals surface area (Å²) in [4.78, 5) is 14.2. The summed E-state index contributed by atoms with van der Waals surface area (Å²) in [5, 5.41) is 15.7. The molecular weight excluding hydrogens is 242 g/mol. The van der Waals surface area contributed by atoms with Crippen LogP contribution in [0.2, 0.25) is 0 Å². The van der Waals surface area contributed by atoms with Crippen molar-refractivity contribution in [3.63, 3.8) is 0 Å². The van der Waals surface area contributed by atoms with Crippen LogP contribution in [0.15, 0.2) is 0 Å². The van der Waals surface area contributed by atoms with Gasteiger partial charge < -0.3 is 20.6 Å². The van der Waals surface area contributed by atoms with Gasteiger partial charge in [-0.05, 0) is 51.6 Å². The van der Waals surface area contributed by atoms with Gasteiger partial charge in [0.05, 0.1) is 12.1 Å². The van der Waals surface area contributed by atoms with Gasteiger partial charge in [-0.2, -0.15) is 0 Å². The van der Waals surface area contributed by atoms with E-state index in [2.05, 4.69) is 15.5 Å². The average molecular weight is 269 g/mol. The highest BCUT2D eigenvalue weighted by Crippen LogP contribution is 2.16. The minimum atomic E-state index is -0.268. The molecule has 2 rings (SSSR count). The lowest BCUT2D eigenvalue weighted by Crippen LogP contribution is -2.46. The number of piperidine rings is 1. The highest BCUT2D eigenvalue weighted by molar-refractivity contribution is 5.81. The first-order chi connectivity index (χ1) is 9.15. The van der Waals surface area contributed by atoms with E-state index in [9.17, 15) is 9.90 Å². The largest absolute Gasteiger partial charge is 0.392 e. The summed E-state index contributed by atoms with van der Waals surface area (Å²) in [6.07, 6.45) is 4.13. The summed E-state index contributed by atoms with van der Waals surface area (Å²) in [6, 6.07) is 0.0251. The van der Waals surface area contributed by atoms with Crippen LogP contribution in [0.4, 0.5) is 0 Å². The molecule has 0 bridgehead atoms. The zero-order valence-corrected chi connectivity index (χ0v) is 11.9. The molecule has 0 aromatic heterocycles. The van der Waals surface area contributed by atoms with Crippen molar-refractivity contribution in [3.8, 4) is 0 Å². The molecule has 0 radical (unpaired) electrons. The van der Waals surface area contributed by atoms with Crippen molar-refractivity contribution < 1.29 is 9.90 Å². The molecule has 0 saturated carbocycles. The van der Waals surface area contributed by atoms with Gasteiger partial charge in [0, 0.05) is 19.6 Å². The summed E-state index contributed by atoms with van der Waals surface area (Å²) in [5.41, 5.74) is 0. The second-order valence-corrected chi connectivity index (χ2v) is 6.01. The number of carbonyl (C=O) groups excluding carboxylic acids is 1. The van der Waals surface area contributed by atoms with Gasteiger partial charge in [0.15, 0.2) is 0 Å². The average Bonchev–Trinajstić information content (AvgIpc) is 2.89. The van der Waals surface area contributed by atoms with E-state index >= 15 is 0 Å². The normalized spacial score (nSPS) is 30.2. The van der Waals surface area contributed by atoms with E-state index in [1.54, 1.807) is 0 Å². The van der Waals surface area contributed by atoms with Crippen LogP contribution in [0.3, 0.4) is 0 Å². The van der Waals surface area contributed by atoms with Gasteiger partial charge in [-0.15, -0.1) is 0 Å². The van der Waals surface area contributed by atoms with Crippen LogP contribution < -0.4 is 10.6 Å². The van der Waals surface area contributed by atoms with Crippen molar-refractivity contribution >= 4 is 5.91 Å². The molecule has 110 valence electrons. The molecule has 3 N–H and O–H groups in total. The van der Waals surface area contributed by atoms with Crippen LogP contribution in [-0.2, 0) is 4.79 Å². The van der Waals surface area contributed by atoms with Gasteiger partial charge in [-0.3, -0.25) is 4.79 Å². The Balaban J connectivity index is 1.68. The zero-order chi connectivity index (χ0) is 13.7. The third kappa shape index (κ3) is 4.75. The minimum Gasteiger partial charge on any atom is -0.392 e. The van der Waals surface area contributed by atoms with Crippen molar-refractivity contribution in [2.75, 3.05) is 32.7 Å². The van der Waals surface area contributed by atoms with Crippen molar-refractivity contribution in [3.05, 3.63) is 0 Å². The number of carbonyl (C=O) groups is 1. The first-order valence-electron chi connectivity index (χ1n) is 7.56. The van der Waals surface area contributed by atoms with E-state index in [1.165, 1.54) is 6.42 Å². The van der Waals surface area contributed by atoms with Crippen LogP contribution in [0.5, 0.6) is 0 Å². The third-order valence-corrected chi connectivity index (χ3v) is 4.07. The van der Waals surface area contributed by atoms with Gasteiger partial charge in [-0.1, -0.05) is 0 Å². The van der Waals surface area contributed by atoms with Crippen LogP contribution in [0.1, 0.15) is 32.6 Å². The highest BCUT2D eigenvalue weighted by atomic mass is 16.3. The van der Waals surface area contributed by atoms with Gasteiger partial charge in [0.1, 0.15) is 0 Å². The predicted molar refractivity (Wildman–Crippen MR) is 74.9 cm³/mol. The standard InChI is InChI=1S/C14H27N3O2/c1-11(18)9-17-7-3-4-12(10-17)8-16-14(19)13-5-2-6-15-13/h11-13,15,18H,2-10H2,1H3,(H,16,19)/t11-,12?,13?/m1/s1. The smallest absolute Gasteiger partial charge is 0.237 e. The lowest BCUT2D eigenvalue weighted by molar-refractivity contribution is -0.123. The van der Waals surface area contributed by atoms with E-state index in [-0.39, 0.29) is 18.1 Å². The van der Waals surface area contributed by atoms with Crippen LogP contribution in [-0.4, -0.2) is 60.8 Å². The molecule has 2 aliphatic rings. The number of rotatable bonds is 5. The van der Waals surface area contributed by atoms with Gasteiger partial charge in [-0.25, -0.2) is 0 Å². The van der Waals surface area contributed by atoms with Gasteiger partial charge >= 0.3 is 0 Å². The fourth-order valence-corrected chi connectivity index (χ4v) is 3.13. The first kappa shape index (κ1) is 14.8. The first-order valence-corrected chi connectivity index (χ1v) is 7.56. The molecule has 0 aliphatic carbocycles. The summed E-state index contributed by atoms with van der Waals surface area (Å²) in [6.45, 7) is 6.37. The molecule has 1 amide bonds. The number of hydrogen-bond donors (Lipinski definition) is 3. The number of aliphatic hydroxyl groups excluding tert-OH is 1. The lowest BCUT2D eigenvalue weighted by Gasteiger charge is -2.33. The second kappa shape index (κ2) is 7.22. The molecule has 0 aromatic rings.